The van der Waals surface area contributed by atoms with E-state index in [2.05, 4.69) is 40.1 Å². The van der Waals surface area contributed by atoms with Gasteiger partial charge in [-0.3, -0.25) is 9.97 Å². The van der Waals surface area contributed by atoms with Gasteiger partial charge in [-0.1, -0.05) is 44.2 Å². The molecule has 0 unspecified atom stereocenters. The number of alkyl halides is 3. The maximum absolute atomic E-state index is 13.5. The van der Waals surface area contributed by atoms with Gasteiger partial charge in [0.25, 0.3) is 0 Å². The number of benzene rings is 4. The van der Waals surface area contributed by atoms with Crippen LogP contribution in [0.15, 0.2) is 79.3 Å². The Labute approximate surface area is 224 Å². The smallest absolute Gasteiger partial charge is 0.304 e. The zero-order chi connectivity index (χ0) is 25.0. The summed E-state index contributed by atoms with van der Waals surface area (Å²) in [5.41, 5.74) is 4.69. The van der Waals surface area contributed by atoms with E-state index in [4.69, 9.17) is 0 Å². The molecule has 4 aromatic carbocycles. The number of hydrogen-bond donors (Lipinski definition) is 0. The summed E-state index contributed by atoms with van der Waals surface area (Å²) in [4.78, 5) is 12.9. The first-order valence-corrected chi connectivity index (χ1v) is 11.4. The molecule has 0 bridgehead atoms. The van der Waals surface area contributed by atoms with Gasteiger partial charge in [-0.25, -0.2) is 0 Å². The Morgan fingerprint density at radius 3 is 2.22 bits per heavy atom. The monoisotopic (exact) mass is 671 g/mol. The molecule has 0 aliphatic carbocycles. The summed E-state index contributed by atoms with van der Waals surface area (Å²) >= 11 is 0. The molecule has 1 radical (unpaired) electrons. The van der Waals surface area contributed by atoms with E-state index in [9.17, 15) is 13.2 Å². The van der Waals surface area contributed by atoms with Gasteiger partial charge in [0.05, 0.1) is 11.1 Å². The second-order valence-corrected chi connectivity index (χ2v) is 8.92. The summed E-state index contributed by atoms with van der Waals surface area (Å²) in [5.74, 6) is 0. The summed E-state index contributed by atoms with van der Waals surface area (Å²) in [6.07, 6.45) is -0.00461. The third-order valence-corrected chi connectivity index (χ3v) is 6.41. The maximum atomic E-state index is 13.5. The van der Waals surface area contributed by atoms with E-state index in [-0.39, 0.29) is 31.1 Å². The Balaban J connectivity index is 0.00000280. The minimum Gasteiger partial charge on any atom is -0.304 e. The number of aryl methyl sites for hydroxylation is 2. The Kier molecular flexibility index (Phi) is 6.30. The van der Waals surface area contributed by atoms with Gasteiger partial charge < -0.3 is 4.98 Å². The van der Waals surface area contributed by atoms with E-state index in [0.717, 1.165) is 55.6 Å². The molecule has 7 heteroatoms. The van der Waals surface area contributed by atoms with E-state index in [1.165, 1.54) is 18.5 Å². The summed E-state index contributed by atoms with van der Waals surface area (Å²) in [6.45, 7) is 4.08. The second kappa shape index (κ2) is 9.33. The minimum atomic E-state index is -4.51. The van der Waals surface area contributed by atoms with Crippen LogP contribution < -0.4 is 0 Å². The first-order chi connectivity index (χ1) is 17.3. The standard InChI is InChI=1S/C30H19F3N3.Ir/c1-17-13-18(2)15-21(14-17)27-25-6-4-19-16-20(3-5-22(19)24(25)9-10-34-27)23-7-8-26(30(31,32)33)29-28(23)35-11-12-36-29;/h3-14,16H,1-2H3;/q-1;. The number of nitrogens with zero attached hydrogens (tertiary/aromatic N) is 3. The Bertz CT molecular complexity index is 1790. The zero-order valence-corrected chi connectivity index (χ0v) is 22.2. The van der Waals surface area contributed by atoms with E-state index in [1.807, 2.05) is 43.3 Å². The van der Waals surface area contributed by atoms with Gasteiger partial charge in [0.15, 0.2) is 0 Å². The fraction of sp³-hybridized carbons (Fsp3) is 0.100. The van der Waals surface area contributed by atoms with Crippen molar-refractivity contribution in [3.8, 4) is 22.4 Å². The van der Waals surface area contributed by atoms with Crippen molar-refractivity contribution in [2.24, 2.45) is 0 Å². The predicted octanol–water partition coefficient (Wildman–Crippen LogP) is 8.10. The summed E-state index contributed by atoms with van der Waals surface area (Å²) in [6, 6.07) is 22.1. The third kappa shape index (κ3) is 4.39. The van der Waals surface area contributed by atoms with Gasteiger partial charge in [0.1, 0.15) is 5.52 Å². The summed E-state index contributed by atoms with van der Waals surface area (Å²) < 4.78 is 40.6. The van der Waals surface area contributed by atoms with Crippen molar-refractivity contribution >= 4 is 32.6 Å². The average molecular weight is 671 g/mol. The molecule has 0 fully saturated rings. The predicted molar refractivity (Wildman–Crippen MR) is 137 cm³/mol. The van der Waals surface area contributed by atoms with Crippen molar-refractivity contribution in [3.63, 3.8) is 0 Å². The first kappa shape index (κ1) is 25.0. The molecule has 6 aromatic rings. The van der Waals surface area contributed by atoms with E-state index in [1.54, 1.807) is 6.20 Å². The van der Waals surface area contributed by atoms with Crippen molar-refractivity contribution in [1.82, 2.24) is 15.0 Å². The van der Waals surface area contributed by atoms with Gasteiger partial charge in [-0.05, 0) is 51.0 Å². The molecule has 0 spiro atoms. The number of halogens is 3. The first-order valence-electron chi connectivity index (χ1n) is 11.4. The van der Waals surface area contributed by atoms with Crippen LogP contribution in [0.4, 0.5) is 13.2 Å². The summed E-state index contributed by atoms with van der Waals surface area (Å²) in [5, 5.41) is 4.07. The number of rotatable bonds is 2. The maximum Gasteiger partial charge on any atom is 0.418 e. The van der Waals surface area contributed by atoms with Crippen LogP contribution in [-0.4, -0.2) is 15.0 Å². The molecule has 2 aromatic heterocycles. The molecular formula is C30H19F3IrN3-. The van der Waals surface area contributed by atoms with Gasteiger partial charge in [-0.2, -0.15) is 13.2 Å². The van der Waals surface area contributed by atoms with Crippen LogP contribution >= 0.6 is 0 Å². The largest absolute Gasteiger partial charge is 0.418 e. The van der Waals surface area contributed by atoms with Crippen molar-refractivity contribution in [1.29, 1.82) is 0 Å². The summed E-state index contributed by atoms with van der Waals surface area (Å²) in [7, 11) is 0. The number of hydrogen-bond acceptors (Lipinski definition) is 3. The molecule has 0 saturated heterocycles. The van der Waals surface area contributed by atoms with Crippen LogP contribution in [0.2, 0.25) is 0 Å². The number of pyridine rings is 1. The van der Waals surface area contributed by atoms with Crippen molar-refractivity contribution < 1.29 is 33.3 Å². The zero-order valence-electron chi connectivity index (χ0n) is 19.8. The molecule has 0 atom stereocenters. The molecule has 0 aliphatic heterocycles. The minimum absolute atomic E-state index is 0. The molecule has 0 N–H and O–H groups in total. The van der Waals surface area contributed by atoms with Crippen LogP contribution in [0.25, 0.3) is 55.0 Å². The van der Waals surface area contributed by atoms with Gasteiger partial charge in [-0.15, -0.1) is 34.9 Å². The molecule has 185 valence electrons. The van der Waals surface area contributed by atoms with Crippen molar-refractivity contribution in [3.05, 3.63) is 102 Å². The number of aromatic nitrogens is 3. The van der Waals surface area contributed by atoms with E-state index < -0.39 is 11.7 Å². The van der Waals surface area contributed by atoms with Crippen LogP contribution in [-0.2, 0) is 26.3 Å². The molecule has 0 amide bonds. The molecule has 37 heavy (non-hydrogen) atoms. The Morgan fingerprint density at radius 2 is 1.46 bits per heavy atom. The van der Waals surface area contributed by atoms with Gasteiger partial charge >= 0.3 is 6.18 Å². The molecule has 3 nitrogen and oxygen atoms in total. The van der Waals surface area contributed by atoms with Crippen LogP contribution in [0, 0.1) is 19.9 Å². The SMILES string of the molecule is Cc1[c-]c(-c2nccc3c2ccc2cc(-c4ccc(C(F)(F)F)c5nccnc45)ccc23)cc(C)c1.[Ir]. The van der Waals surface area contributed by atoms with Gasteiger partial charge in [0.2, 0.25) is 0 Å². The Morgan fingerprint density at radius 1 is 0.703 bits per heavy atom. The Hall–Kier alpha value is -3.67. The number of fused-ring (bicyclic) bond motifs is 4. The fourth-order valence-corrected chi connectivity index (χ4v) is 4.92. The van der Waals surface area contributed by atoms with Crippen LogP contribution in [0.3, 0.4) is 0 Å². The molecule has 0 aliphatic rings. The van der Waals surface area contributed by atoms with Crippen LogP contribution in [0.1, 0.15) is 16.7 Å². The third-order valence-electron chi connectivity index (χ3n) is 6.41. The molecule has 2 heterocycles. The normalized spacial score (nSPS) is 11.7. The molecule has 6 rings (SSSR count). The van der Waals surface area contributed by atoms with E-state index in [0.29, 0.717) is 5.56 Å². The topological polar surface area (TPSA) is 38.7 Å². The van der Waals surface area contributed by atoms with Gasteiger partial charge in [0, 0.05) is 44.3 Å². The van der Waals surface area contributed by atoms with Crippen LogP contribution in [0.5, 0.6) is 0 Å². The van der Waals surface area contributed by atoms with Crippen molar-refractivity contribution in [2.75, 3.05) is 0 Å². The second-order valence-electron chi connectivity index (χ2n) is 8.92. The molecule has 0 saturated carbocycles. The quantitative estimate of drug-likeness (QED) is 0.138. The molecular weight excluding hydrogens is 652 g/mol. The average Bonchev–Trinajstić information content (AvgIpc) is 2.86. The van der Waals surface area contributed by atoms with E-state index >= 15 is 0 Å². The fourth-order valence-electron chi connectivity index (χ4n) is 4.92. The van der Waals surface area contributed by atoms with Crippen molar-refractivity contribution in [2.45, 2.75) is 20.0 Å².